The van der Waals surface area contributed by atoms with E-state index in [1.165, 1.54) is 33.4 Å². The minimum absolute atomic E-state index is 0. The standard InChI is InChI=1S/C12H20.2C9H7.Zr/c1-5-9-11(7-3)12(8-4)10-6-2;2*1-2-5-9-7-3-6-8(9)4-1;/h5-8H2,1-4H3;2*1-7H;/q-2;2*-1;. The number of rotatable bonds is 5. The van der Waals surface area contributed by atoms with Crippen LogP contribution in [0.25, 0.3) is 22.3 Å². The van der Waals surface area contributed by atoms with Gasteiger partial charge in [0.25, 0.3) is 0 Å². The van der Waals surface area contributed by atoms with Crippen molar-refractivity contribution in [2.24, 2.45) is 0 Å². The molecule has 0 aromatic carbocycles. The minimum Gasteiger partial charge on any atom is -0.373 e. The Bertz CT molecular complexity index is 816. The van der Waals surface area contributed by atoms with Crippen molar-refractivity contribution in [1.29, 1.82) is 0 Å². The minimum atomic E-state index is 0. The van der Waals surface area contributed by atoms with E-state index in [9.17, 15) is 0 Å². The van der Waals surface area contributed by atoms with Crippen molar-refractivity contribution in [1.82, 2.24) is 0 Å². The smallest absolute Gasteiger partial charge is 0 e. The van der Waals surface area contributed by atoms with Crippen LogP contribution in [0, 0.1) is 12.2 Å². The van der Waals surface area contributed by atoms with Gasteiger partial charge in [-0.25, -0.2) is 0 Å². The van der Waals surface area contributed by atoms with E-state index in [1.54, 1.807) is 0 Å². The molecule has 0 heterocycles. The second-order valence-corrected chi connectivity index (χ2v) is 7.03. The van der Waals surface area contributed by atoms with Gasteiger partial charge < -0.3 is 23.3 Å². The number of hydrogen-bond acceptors (Lipinski definition) is 0. The summed E-state index contributed by atoms with van der Waals surface area (Å²) < 4.78 is 0. The molecule has 1 heteroatoms. The Morgan fingerprint density at radius 1 is 0.613 bits per heavy atom. The van der Waals surface area contributed by atoms with Gasteiger partial charge in [-0.15, -0.1) is 60.1 Å². The summed E-state index contributed by atoms with van der Waals surface area (Å²) in [6.45, 7) is 8.64. The molecule has 0 radical (unpaired) electrons. The zero-order valence-corrected chi connectivity index (χ0v) is 21.9. The third-order valence-corrected chi connectivity index (χ3v) is 4.95. The molecule has 0 saturated carbocycles. The van der Waals surface area contributed by atoms with Gasteiger partial charge in [0.05, 0.1) is 0 Å². The number of fused-ring (bicyclic) bond motifs is 2. The van der Waals surface area contributed by atoms with Crippen LogP contribution in [0.2, 0.25) is 0 Å². The molecule has 0 atom stereocenters. The van der Waals surface area contributed by atoms with Gasteiger partial charge in [0.1, 0.15) is 0 Å². The molecule has 0 fully saturated rings. The molecule has 0 aromatic heterocycles. The zero-order valence-electron chi connectivity index (χ0n) is 19.4. The summed E-state index contributed by atoms with van der Waals surface area (Å²) >= 11 is 0. The van der Waals surface area contributed by atoms with Gasteiger partial charge in [0, 0.05) is 26.2 Å². The molecular formula is C30H34Zr-4. The van der Waals surface area contributed by atoms with Crippen LogP contribution in [-0.2, 0) is 26.2 Å². The van der Waals surface area contributed by atoms with Crippen molar-refractivity contribution in [3.63, 3.8) is 0 Å². The topological polar surface area (TPSA) is 0 Å². The number of hydrogen-bond donors (Lipinski definition) is 0. The van der Waals surface area contributed by atoms with Crippen LogP contribution in [-0.4, -0.2) is 0 Å². The maximum Gasteiger partial charge on any atom is 0 e. The van der Waals surface area contributed by atoms with Crippen molar-refractivity contribution in [3.8, 4) is 22.3 Å². The van der Waals surface area contributed by atoms with Gasteiger partial charge in [-0.05, 0) is 0 Å². The summed E-state index contributed by atoms with van der Waals surface area (Å²) in [6.07, 6.45) is 11.0. The first-order valence-corrected chi connectivity index (χ1v) is 11.1. The van der Waals surface area contributed by atoms with Crippen LogP contribution in [0.1, 0.15) is 53.4 Å². The average molecular weight is 486 g/mol. The van der Waals surface area contributed by atoms with Gasteiger partial charge in [-0.3, -0.25) is 0 Å². The zero-order chi connectivity index (χ0) is 21.6. The summed E-state index contributed by atoms with van der Waals surface area (Å²) in [5.41, 5.74) is 8.05. The van der Waals surface area contributed by atoms with Gasteiger partial charge >= 0.3 is 0 Å². The van der Waals surface area contributed by atoms with Crippen LogP contribution in [0.5, 0.6) is 0 Å². The Morgan fingerprint density at radius 2 is 1.00 bits per heavy atom. The number of benzene rings is 2. The molecule has 0 spiro atoms. The molecule has 162 valence electrons. The summed E-state index contributed by atoms with van der Waals surface area (Å²) in [6, 6.07) is 29.3. The van der Waals surface area contributed by atoms with E-state index >= 15 is 0 Å². The molecule has 4 aliphatic rings. The van der Waals surface area contributed by atoms with E-state index in [0.29, 0.717) is 0 Å². The Hall–Kier alpha value is -1.98. The van der Waals surface area contributed by atoms with E-state index in [-0.39, 0.29) is 26.2 Å². The first-order chi connectivity index (χ1) is 14.7. The molecule has 4 aliphatic carbocycles. The van der Waals surface area contributed by atoms with Gasteiger partial charge in [0.15, 0.2) is 0 Å². The van der Waals surface area contributed by atoms with Crippen LogP contribution >= 0.6 is 0 Å². The van der Waals surface area contributed by atoms with Crippen LogP contribution < -0.4 is 0 Å². The Kier molecular flexibility index (Phi) is 13.8. The maximum absolute atomic E-state index is 3.39. The monoisotopic (exact) mass is 484 g/mol. The predicted octanol–water partition coefficient (Wildman–Crippen LogP) is 9.10. The van der Waals surface area contributed by atoms with E-state index in [4.69, 9.17) is 0 Å². The van der Waals surface area contributed by atoms with E-state index in [2.05, 4.69) is 125 Å². The first-order valence-electron chi connectivity index (χ1n) is 11.1. The summed E-state index contributed by atoms with van der Waals surface area (Å²) in [5, 5.41) is 0. The molecule has 0 aliphatic heterocycles. The van der Waals surface area contributed by atoms with E-state index in [0.717, 1.165) is 25.7 Å². The van der Waals surface area contributed by atoms with Crippen molar-refractivity contribution in [2.75, 3.05) is 0 Å². The van der Waals surface area contributed by atoms with Gasteiger partial charge in [-0.2, -0.15) is 48.5 Å². The molecule has 0 unspecified atom stereocenters. The van der Waals surface area contributed by atoms with Crippen LogP contribution in [0.15, 0.2) is 96.1 Å². The summed E-state index contributed by atoms with van der Waals surface area (Å²) in [7, 11) is 0. The second-order valence-electron chi connectivity index (χ2n) is 7.03. The first kappa shape index (κ1) is 27.1. The van der Waals surface area contributed by atoms with Crippen molar-refractivity contribution >= 4 is 0 Å². The van der Waals surface area contributed by atoms with Gasteiger partial charge in [0.2, 0.25) is 0 Å². The SMILES string of the molecule is CC[C-]=C(CC)C(=[C-]CC)CC.[Zr].c1cc2cc[cH-]cc-2c1.c1cc2cc[cH-]cc-2c1. The molecule has 0 nitrogen and oxygen atoms in total. The normalized spacial score (nSPS) is 11.2. The molecule has 0 N–H and O–H groups in total. The fourth-order valence-electron chi connectivity index (χ4n) is 3.46. The molecule has 0 aromatic rings. The van der Waals surface area contributed by atoms with E-state index in [1.807, 2.05) is 0 Å². The van der Waals surface area contributed by atoms with Crippen molar-refractivity contribution < 1.29 is 26.2 Å². The Labute approximate surface area is 209 Å². The molecular weight excluding hydrogens is 452 g/mol. The largest absolute Gasteiger partial charge is 0.373 e. The van der Waals surface area contributed by atoms with Crippen molar-refractivity contribution in [3.05, 3.63) is 108 Å². The maximum atomic E-state index is 3.39. The fraction of sp³-hybridized carbons (Fsp3) is 0.267. The summed E-state index contributed by atoms with van der Waals surface area (Å²) in [5.74, 6) is 0. The molecule has 0 bridgehead atoms. The second kappa shape index (κ2) is 15.8. The third-order valence-electron chi connectivity index (χ3n) is 4.95. The van der Waals surface area contributed by atoms with Crippen molar-refractivity contribution in [2.45, 2.75) is 53.4 Å². The molecule has 4 rings (SSSR count). The average Bonchev–Trinajstić information content (AvgIpc) is 3.46. The fourth-order valence-corrected chi connectivity index (χ4v) is 3.46. The Morgan fingerprint density at radius 3 is 1.32 bits per heavy atom. The van der Waals surface area contributed by atoms with Crippen LogP contribution in [0.4, 0.5) is 0 Å². The molecule has 31 heavy (non-hydrogen) atoms. The number of allylic oxidation sites excluding steroid dienone is 4. The molecule has 0 amide bonds. The predicted molar refractivity (Wildman–Crippen MR) is 132 cm³/mol. The molecule has 0 saturated heterocycles. The Balaban J connectivity index is 0.000000231. The van der Waals surface area contributed by atoms with E-state index < -0.39 is 0 Å². The third kappa shape index (κ3) is 8.96. The van der Waals surface area contributed by atoms with Crippen LogP contribution in [0.3, 0.4) is 0 Å². The van der Waals surface area contributed by atoms with Gasteiger partial charge in [-0.1, -0.05) is 52.0 Å². The quantitative estimate of drug-likeness (QED) is 0.195. The summed E-state index contributed by atoms with van der Waals surface area (Å²) in [4.78, 5) is 0.